The van der Waals surface area contributed by atoms with Gasteiger partial charge in [-0.1, -0.05) is 11.6 Å². The standard InChI is InChI=1S/C15H21ClN2O2.ClH/c1-11-9-13(3-4-14(11)16)20-10-15(19)18-7-5-12(17-2)6-8-18;/h3-4,9,12,17H,5-8,10H2,1-2H3;1H. The number of piperidine rings is 1. The Morgan fingerprint density at radius 2 is 2.10 bits per heavy atom. The average molecular weight is 333 g/mol. The molecule has 1 aromatic carbocycles. The number of amides is 1. The van der Waals surface area contributed by atoms with Crippen LogP contribution >= 0.6 is 24.0 Å². The molecule has 1 aromatic rings. The molecule has 0 radical (unpaired) electrons. The van der Waals surface area contributed by atoms with Gasteiger partial charge >= 0.3 is 0 Å². The molecule has 21 heavy (non-hydrogen) atoms. The second-order valence-corrected chi connectivity index (χ2v) is 5.55. The Balaban J connectivity index is 0.00000220. The summed E-state index contributed by atoms with van der Waals surface area (Å²) >= 11 is 5.96. The van der Waals surface area contributed by atoms with E-state index in [2.05, 4.69) is 5.32 Å². The van der Waals surface area contributed by atoms with E-state index < -0.39 is 0 Å². The second-order valence-electron chi connectivity index (χ2n) is 5.14. The number of aryl methyl sites for hydroxylation is 1. The van der Waals surface area contributed by atoms with Crippen molar-refractivity contribution in [2.24, 2.45) is 0 Å². The summed E-state index contributed by atoms with van der Waals surface area (Å²) in [6.07, 6.45) is 2.00. The minimum atomic E-state index is 0. The maximum absolute atomic E-state index is 12.1. The van der Waals surface area contributed by atoms with Gasteiger partial charge in [-0.05, 0) is 50.6 Å². The fraction of sp³-hybridized carbons (Fsp3) is 0.533. The smallest absolute Gasteiger partial charge is 0.260 e. The Bertz CT molecular complexity index is 475. The first kappa shape index (κ1) is 18.1. The lowest BCUT2D eigenvalue weighted by Gasteiger charge is -2.31. The molecule has 1 N–H and O–H groups in total. The van der Waals surface area contributed by atoms with E-state index in [4.69, 9.17) is 16.3 Å². The first-order chi connectivity index (χ1) is 9.60. The van der Waals surface area contributed by atoms with Crippen molar-refractivity contribution in [3.63, 3.8) is 0 Å². The second kappa shape index (κ2) is 8.47. The molecule has 0 spiro atoms. The summed E-state index contributed by atoms with van der Waals surface area (Å²) in [7, 11) is 1.97. The minimum absolute atomic E-state index is 0. The van der Waals surface area contributed by atoms with E-state index in [-0.39, 0.29) is 24.9 Å². The lowest BCUT2D eigenvalue weighted by molar-refractivity contribution is -0.134. The fourth-order valence-electron chi connectivity index (χ4n) is 2.36. The van der Waals surface area contributed by atoms with Gasteiger partial charge in [-0.3, -0.25) is 4.79 Å². The van der Waals surface area contributed by atoms with Crippen LogP contribution in [0.15, 0.2) is 18.2 Å². The minimum Gasteiger partial charge on any atom is -0.484 e. The molecular weight excluding hydrogens is 311 g/mol. The summed E-state index contributed by atoms with van der Waals surface area (Å²) in [5.41, 5.74) is 0.950. The third kappa shape index (κ3) is 5.06. The molecular formula is C15H22Cl2N2O2. The van der Waals surface area contributed by atoms with Gasteiger partial charge in [0.1, 0.15) is 5.75 Å². The highest BCUT2D eigenvalue weighted by molar-refractivity contribution is 6.31. The molecule has 0 saturated carbocycles. The number of halogens is 2. The molecule has 1 amide bonds. The lowest BCUT2D eigenvalue weighted by Crippen LogP contribution is -2.45. The molecule has 6 heteroatoms. The maximum atomic E-state index is 12.1. The molecule has 4 nitrogen and oxygen atoms in total. The first-order valence-corrected chi connectivity index (χ1v) is 7.32. The Kier molecular flexibility index (Phi) is 7.29. The number of hydrogen-bond donors (Lipinski definition) is 1. The normalized spacial score (nSPS) is 15.5. The zero-order valence-electron chi connectivity index (χ0n) is 12.4. The molecule has 0 unspecified atom stereocenters. The van der Waals surface area contributed by atoms with E-state index >= 15 is 0 Å². The van der Waals surface area contributed by atoms with Crippen molar-refractivity contribution < 1.29 is 9.53 Å². The molecule has 1 fully saturated rings. The van der Waals surface area contributed by atoms with Gasteiger partial charge in [0.15, 0.2) is 6.61 Å². The Labute approximate surface area is 137 Å². The van der Waals surface area contributed by atoms with Gasteiger partial charge in [0.05, 0.1) is 0 Å². The van der Waals surface area contributed by atoms with Crippen molar-refractivity contribution in [1.29, 1.82) is 0 Å². The van der Waals surface area contributed by atoms with Crippen molar-refractivity contribution >= 4 is 29.9 Å². The zero-order chi connectivity index (χ0) is 14.5. The Morgan fingerprint density at radius 3 is 2.67 bits per heavy atom. The third-order valence-electron chi connectivity index (χ3n) is 3.75. The molecule has 1 heterocycles. The number of nitrogens with one attached hydrogen (secondary N) is 1. The number of ether oxygens (including phenoxy) is 1. The van der Waals surface area contributed by atoms with Gasteiger partial charge in [0.2, 0.25) is 0 Å². The van der Waals surface area contributed by atoms with Crippen LogP contribution in [-0.4, -0.2) is 43.6 Å². The molecule has 0 atom stereocenters. The van der Waals surface area contributed by atoms with Crippen LogP contribution in [0, 0.1) is 6.92 Å². The SMILES string of the molecule is CNC1CCN(C(=O)COc2ccc(Cl)c(C)c2)CC1.Cl. The molecule has 1 aliphatic rings. The van der Waals surface area contributed by atoms with Crippen molar-refractivity contribution in [3.8, 4) is 5.75 Å². The summed E-state index contributed by atoms with van der Waals surface area (Å²) in [5.74, 6) is 0.734. The molecule has 0 aromatic heterocycles. The monoisotopic (exact) mass is 332 g/mol. The van der Waals surface area contributed by atoms with Crippen LogP contribution in [0.3, 0.4) is 0 Å². The van der Waals surface area contributed by atoms with Crippen molar-refractivity contribution in [3.05, 3.63) is 28.8 Å². The van der Waals surface area contributed by atoms with Crippen molar-refractivity contribution in [1.82, 2.24) is 10.2 Å². The number of nitrogens with zero attached hydrogens (tertiary/aromatic N) is 1. The quantitative estimate of drug-likeness (QED) is 0.921. The summed E-state index contributed by atoms with van der Waals surface area (Å²) in [6.45, 7) is 3.60. The predicted molar refractivity (Wildman–Crippen MR) is 87.6 cm³/mol. The number of likely N-dealkylation sites (tertiary alicyclic amines) is 1. The molecule has 2 rings (SSSR count). The third-order valence-corrected chi connectivity index (χ3v) is 4.17. The average Bonchev–Trinajstić information content (AvgIpc) is 2.48. The van der Waals surface area contributed by atoms with Gasteiger partial charge in [-0.2, -0.15) is 0 Å². The van der Waals surface area contributed by atoms with Crippen LogP contribution in [-0.2, 0) is 4.79 Å². The fourth-order valence-corrected chi connectivity index (χ4v) is 2.48. The Morgan fingerprint density at radius 1 is 1.43 bits per heavy atom. The molecule has 0 aliphatic carbocycles. The van der Waals surface area contributed by atoms with Gasteiger partial charge in [0.25, 0.3) is 5.91 Å². The largest absolute Gasteiger partial charge is 0.484 e. The lowest BCUT2D eigenvalue weighted by atomic mass is 10.1. The number of hydrogen-bond acceptors (Lipinski definition) is 3. The van der Waals surface area contributed by atoms with Crippen LogP contribution in [0.1, 0.15) is 18.4 Å². The van der Waals surface area contributed by atoms with Crippen LogP contribution in [0.2, 0.25) is 5.02 Å². The van der Waals surface area contributed by atoms with Gasteiger partial charge < -0.3 is 15.0 Å². The summed E-state index contributed by atoms with van der Waals surface area (Å²) in [5, 5.41) is 3.96. The first-order valence-electron chi connectivity index (χ1n) is 6.94. The highest BCUT2D eigenvalue weighted by atomic mass is 35.5. The summed E-state index contributed by atoms with van der Waals surface area (Å²) in [6, 6.07) is 5.95. The number of carbonyl (C=O) groups is 1. The van der Waals surface area contributed by atoms with Crippen molar-refractivity contribution in [2.75, 3.05) is 26.7 Å². The van der Waals surface area contributed by atoms with E-state index in [0.29, 0.717) is 16.8 Å². The van der Waals surface area contributed by atoms with E-state index in [1.54, 1.807) is 12.1 Å². The van der Waals surface area contributed by atoms with Crippen LogP contribution < -0.4 is 10.1 Å². The number of carbonyl (C=O) groups excluding carboxylic acids is 1. The maximum Gasteiger partial charge on any atom is 0.260 e. The summed E-state index contributed by atoms with van der Waals surface area (Å²) in [4.78, 5) is 13.9. The van der Waals surface area contributed by atoms with Gasteiger partial charge in [0, 0.05) is 24.2 Å². The van der Waals surface area contributed by atoms with E-state index in [1.165, 1.54) is 0 Å². The Hall–Kier alpha value is -0.970. The van der Waals surface area contributed by atoms with E-state index in [0.717, 1.165) is 31.5 Å². The topological polar surface area (TPSA) is 41.6 Å². The molecule has 0 bridgehead atoms. The predicted octanol–water partition coefficient (Wildman–Crippen LogP) is 2.66. The zero-order valence-corrected chi connectivity index (χ0v) is 14.0. The van der Waals surface area contributed by atoms with Crippen molar-refractivity contribution in [2.45, 2.75) is 25.8 Å². The van der Waals surface area contributed by atoms with Gasteiger partial charge in [-0.15, -0.1) is 12.4 Å². The molecule has 118 valence electrons. The number of rotatable bonds is 4. The van der Waals surface area contributed by atoms with E-state index in [9.17, 15) is 4.79 Å². The highest BCUT2D eigenvalue weighted by Crippen LogP contribution is 2.21. The van der Waals surface area contributed by atoms with Crippen LogP contribution in [0.4, 0.5) is 0 Å². The molecule has 1 saturated heterocycles. The van der Waals surface area contributed by atoms with Crippen LogP contribution in [0.25, 0.3) is 0 Å². The van der Waals surface area contributed by atoms with Gasteiger partial charge in [-0.25, -0.2) is 0 Å². The highest BCUT2D eigenvalue weighted by Gasteiger charge is 2.21. The van der Waals surface area contributed by atoms with Crippen LogP contribution in [0.5, 0.6) is 5.75 Å². The van der Waals surface area contributed by atoms with E-state index in [1.807, 2.05) is 24.9 Å². The molecule has 1 aliphatic heterocycles. The number of benzene rings is 1. The summed E-state index contributed by atoms with van der Waals surface area (Å²) < 4.78 is 5.54.